The number of rotatable bonds is 4. The molecule has 1 fully saturated rings. The second-order valence-electron chi connectivity index (χ2n) is 6.56. The topological polar surface area (TPSA) is 88.3 Å². The average molecular weight is 372 g/mol. The fourth-order valence-corrected chi connectivity index (χ4v) is 4.31. The van der Waals surface area contributed by atoms with E-state index in [1.54, 1.807) is 30.3 Å². The fraction of sp³-hybridized carbons (Fsp3) is 0.333. The molecule has 0 aliphatic carbocycles. The first-order chi connectivity index (χ1) is 12.5. The Morgan fingerprint density at radius 1 is 0.962 bits per heavy atom. The molecule has 0 saturated carbocycles. The SMILES string of the molecule is Cc1ccc(S(=O)(=O)Nc2ccc(N3CCCCC3)c3nonc23)cc1. The Morgan fingerprint density at radius 3 is 2.38 bits per heavy atom. The maximum atomic E-state index is 12.7. The van der Waals surface area contributed by atoms with Crippen LogP contribution in [0.1, 0.15) is 24.8 Å². The number of nitrogens with one attached hydrogen (secondary N) is 1. The molecule has 2 heterocycles. The molecule has 1 saturated heterocycles. The Balaban J connectivity index is 1.69. The van der Waals surface area contributed by atoms with Gasteiger partial charge in [0.05, 0.1) is 16.3 Å². The molecule has 0 amide bonds. The predicted molar refractivity (Wildman–Crippen MR) is 99.9 cm³/mol. The number of fused-ring (bicyclic) bond motifs is 1. The van der Waals surface area contributed by atoms with Crippen LogP contribution in [0.3, 0.4) is 0 Å². The van der Waals surface area contributed by atoms with E-state index < -0.39 is 10.0 Å². The standard InChI is InChI=1S/C18H20N4O3S/c1-13-5-7-14(8-6-13)26(23,24)21-15-9-10-16(18-17(15)19-25-20-18)22-11-3-2-4-12-22/h5-10,21H,2-4,11-12H2,1H3. The summed E-state index contributed by atoms with van der Waals surface area (Å²) >= 11 is 0. The van der Waals surface area contributed by atoms with Gasteiger partial charge in [-0.15, -0.1) is 0 Å². The number of hydrogen-bond donors (Lipinski definition) is 1. The van der Waals surface area contributed by atoms with Gasteiger partial charge in [-0.05, 0) is 60.8 Å². The molecular weight excluding hydrogens is 352 g/mol. The molecule has 2 aromatic carbocycles. The minimum Gasteiger partial charge on any atom is -0.370 e. The molecule has 136 valence electrons. The van der Waals surface area contributed by atoms with Crippen molar-refractivity contribution in [2.24, 2.45) is 0 Å². The molecule has 4 rings (SSSR count). The van der Waals surface area contributed by atoms with E-state index in [-0.39, 0.29) is 4.90 Å². The Bertz CT molecular complexity index is 1020. The van der Waals surface area contributed by atoms with Gasteiger partial charge in [-0.3, -0.25) is 4.72 Å². The summed E-state index contributed by atoms with van der Waals surface area (Å²) < 4.78 is 32.8. The van der Waals surface area contributed by atoms with Crippen molar-refractivity contribution in [1.82, 2.24) is 10.3 Å². The number of sulfonamides is 1. The largest absolute Gasteiger partial charge is 0.370 e. The van der Waals surface area contributed by atoms with Crippen LogP contribution in [-0.2, 0) is 10.0 Å². The molecule has 0 atom stereocenters. The first-order valence-electron chi connectivity index (χ1n) is 8.64. The average Bonchev–Trinajstić information content (AvgIpc) is 3.13. The van der Waals surface area contributed by atoms with Crippen LogP contribution in [0.5, 0.6) is 0 Å². The number of hydrogen-bond acceptors (Lipinski definition) is 6. The van der Waals surface area contributed by atoms with E-state index in [1.165, 1.54) is 6.42 Å². The smallest absolute Gasteiger partial charge is 0.261 e. The van der Waals surface area contributed by atoms with Crippen molar-refractivity contribution in [3.8, 4) is 0 Å². The summed E-state index contributed by atoms with van der Waals surface area (Å²) in [5.41, 5.74) is 3.29. The molecule has 0 unspecified atom stereocenters. The lowest BCUT2D eigenvalue weighted by Gasteiger charge is -2.28. The lowest BCUT2D eigenvalue weighted by atomic mass is 10.1. The first-order valence-corrected chi connectivity index (χ1v) is 10.1. The van der Waals surface area contributed by atoms with E-state index in [0.29, 0.717) is 16.7 Å². The van der Waals surface area contributed by atoms with Gasteiger partial charge in [0.15, 0.2) is 11.0 Å². The number of nitrogens with zero attached hydrogens (tertiary/aromatic N) is 3. The van der Waals surface area contributed by atoms with Gasteiger partial charge in [-0.2, -0.15) is 0 Å². The molecule has 1 aliphatic heterocycles. The summed E-state index contributed by atoms with van der Waals surface area (Å²) in [5, 5.41) is 7.93. The lowest BCUT2D eigenvalue weighted by molar-refractivity contribution is 0.315. The van der Waals surface area contributed by atoms with Crippen molar-refractivity contribution in [3.63, 3.8) is 0 Å². The number of benzene rings is 2. The summed E-state index contributed by atoms with van der Waals surface area (Å²) in [7, 11) is -3.71. The van der Waals surface area contributed by atoms with Crippen LogP contribution in [0, 0.1) is 6.92 Å². The highest BCUT2D eigenvalue weighted by molar-refractivity contribution is 7.92. The van der Waals surface area contributed by atoms with Gasteiger partial charge in [0, 0.05) is 13.1 Å². The summed E-state index contributed by atoms with van der Waals surface area (Å²) in [5.74, 6) is 0. The fourth-order valence-electron chi connectivity index (χ4n) is 3.25. The molecule has 26 heavy (non-hydrogen) atoms. The van der Waals surface area contributed by atoms with Crippen LogP contribution >= 0.6 is 0 Å². The zero-order chi connectivity index (χ0) is 18.1. The highest BCUT2D eigenvalue weighted by atomic mass is 32.2. The summed E-state index contributed by atoms with van der Waals surface area (Å²) in [4.78, 5) is 2.45. The van der Waals surface area contributed by atoms with Gasteiger partial charge in [-0.25, -0.2) is 13.0 Å². The molecule has 0 bridgehead atoms. The zero-order valence-corrected chi connectivity index (χ0v) is 15.3. The third kappa shape index (κ3) is 3.12. The first kappa shape index (κ1) is 16.8. The third-order valence-corrected chi connectivity index (χ3v) is 6.05. The zero-order valence-electron chi connectivity index (χ0n) is 14.5. The predicted octanol–water partition coefficient (Wildman–Crippen LogP) is 3.32. The van der Waals surface area contributed by atoms with E-state index in [4.69, 9.17) is 4.63 Å². The van der Waals surface area contributed by atoms with Crippen molar-refractivity contribution < 1.29 is 13.0 Å². The van der Waals surface area contributed by atoms with Crippen molar-refractivity contribution in [1.29, 1.82) is 0 Å². The van der Waals surface area contributed by atoms with Crippen LogP contribution in [0.2, 0.25) is 0 Å². The van der Waals surface area contributed by atoms with Gasteiger partial charge in [-0.1, -0.05) is 17.7 Å². The van der Waals surface area contributed by atoms with Gasteiger partial charge in [0.25, 0.3) is 10.0 Å². The summed E-state index contributed by atoms with van der Waals surface area (Å²) in [6, 6.07) is 10.3. The Kier molecular flexibility index (Phi) is 4.28. The molecule has 8 heteroatoms. The van der Waals surface area contributed by atoms with E-state index in [0.717, 1.165) is 37.2 Å². The van der Waals surface area contributed by atoms with Gasteiger partial charge >= 0.3 is 0 Å². The number of aromatic nitrogens is 2. The van der Waals surface area contributed by atoms with Crippen LogP contribution in [0.4, 0.5) is 11.4 Å². The third-order valence-electron chi connectivity index (χ3n) is 4.67. The normalized spacial score (nSPS) is 15.3. The van der Waals surface area contributed by atoms with E-state index >= 15 is 0 Å². The van der Waals surface area contributed by atoms with E-state index in [1.807, 2.05) is 13.0 Å². The van der Waals surface area contributed by atoms with Crippen LogP contribution in [-0.4, -0.2) is 31.8 Å². The summed E-state index contributed by atoms with van der Waals surface area (Å²) in [6.45, 7) is 3.82. The van der Waals surface area contributed by atoms with E-state index in [9.17, 15) is 8.42 Å². The molecule has 3 aromatic rings. The second-order valence-corrected chi connectivity index (χ2v) is 8.24. The van der Waals surface area contributed by atoms with Crippen LogP contribution in [0.25, 0.3) is 11.0 Å². The number of aryl methyl sites for hydroxylation is 1. The summed E-state index contributed by atoms with van der Waals surface area (Å²) in [6.07, 6.45) is 3.49. The Morgan fingerprint density at radius 2 is 1.65 bits per heavy atom. The Hall–Kier alpha value is -2.61. The minimum absolute atomic E-state index is 0.202. The molecule has 0 spiro atoms. The van der Waals surface area contributed by atoms with Crippen molar-refractivity contribution >= 4 is 32.4 Å². The molecule has 7 nitrogen and oxygen atoms in total. The highest BCUT2D eigenvalue weighted by Gasteiger charge is 2.21. The molecule has 1 aliphatic rings. The maximum Gasteiger partial charge on any atom is 0.261 e. The van der Waals surface area contributed by atoms with Gasteiger partial charge < -0.3 is 4.90 Å². The lowest BCUT2D eigenvalue weighted by Crippen LogP contribution is -2.29. The Labute approximate surface area is 152 Å². The van der Waals surface area contributed by atoms with Gasteiger partial charge in [0.2, 0.25) is 0 Å². The quantitative estimate of drug-likeness (QED) is 0.756. The maximum absolute atomic E-state index is 12.7. The highest BCUT2D eigenvalue weighted by Crippen LogP contribution is 2.32. The van der Waals surface area contributed by atoms with Crippen LogP contribution in [0.15, 0.2) is 45.9 Å². The van der Waals surface area contributed by atoms with Gasteiger partial charge in [0.1, 0.15) is 0 Å². The van der Waals surface area contributed by atoms with Crippen molar-refractivity contribution in [3.05, 3.63) is 42.0 Å². The monoisotopic (exact) mass is 372 g/mol. The molecule has 1 aromatic heterocycles. The number of anilines is 2. The second kappa shape index (κ2) is 6.60. The number of piperidine rings is 1. The van der Waals surface area contributed by atoms with Crippen molar-refractivity contribution in [2.45, 2.75) is 31.1 Å². The van der Waals surface area contributed by atoms with Crippen molar-refractivity contribution in [2.75, 3.05) is 22.7 Å². The molecule has 0 radical (unpaired) electrons. The minimum atomic E-state index is -3.71. The van der Waals surface area contributed by atoms with E-state index in [2.05, 4.69) is 19.9 Å². The molecular formula is C18H20N4O3S. The van der Waals surface area contributed by atoms with Crippen LogP contribution < -0.4 is 9.62 Å². The molecule has 1 N–H and O–H groups in total.